The second-order valence-electron chi connectivity index (χ2n) is 5.79. The van der Waals surface area contributed by atoms with Crippen molar-refractivity contribution in [2.24, 2.45) is 0 Å². The fourth-order valence-corrected chi connectivity index (χ4v) is 2.94. The van der Waals surface area contributed by atoms with Crippen LogP contribution in [-0.4, -0.2) is 47.2 Å². The van der Waals surface area contributed by atoms with Crippen molar-refractivity contribution in [1.82, 2.24) is 19.8 Å². The van der Waals surface area contributed by atoms with Gasteiger partial charge < -0.3 is 14.8 Å². The minimum Gasteiger partial charge on any atom is -0.331 e. The number of aromatic nitrogens is 2. The van der Waals surface area contributed by atoms with E-state index in [-0.39, 0.29) is 0 Å². The van der Waals surface area contributed by atoms with Crippen LogP contribution < -0.4 is 5.32 Å². The Morgan fingerprint density at radius 1 is 1.19 bits per heavy atom. The number of nitrogens with zero attached hydrogens (tertiary/aromatic N) is 3. The second-order valence-corrected chi connectivity index (χ2v) is 5.79. The molecule has 0 unspecified atom stereocenters. The third-order valence-corrected chi connectivity index (χ3v) is 4.11. The number of hydrogen-bond acceptors (Lipinski definition) is 3. The molecule has 0 bridgehead atoms. The molecule has 1 fully saturated rings. The lowest BCUT2D eigenvalue weighted by molar-refractivity contribution is 0.235. The van der Waals surface area contributed by atoms with E-state index in [1.54, 1.807) is 0 Å². The van der Waals surface area contributed by atoms with Gasteiger partial charge in [0.15, 0.2) is 0 Å². The standard InChI is InChI=1S/C17H24N4/c1-15-4-2-5-16(12-15)17-13-19-14-21(17)9-3-8-20-10-6-18-7-11-20/h2,4-5,12-14,18H,3,6-11H2,1H3. The van der Waals surface area contributed by atoms with Gasteiger partial charge in [0.25, 0.3) is 0 Å². The maximum absolute atomic E-state index is 4.33. The quantitative estimate of drug-likeness (QED) is 0.913. The van der Waals surface area contributed by atoms with Crippen LogP contribution in [0.2, 0.25) is 0 Å². The smallest absolute Gasteiger partial charge is 0.0950 e. The summed E-state index contributed by atoms with van der Waals surface area (Å²) in [7, 11) is 0. The van der Waals surface area contributed by atoms with Crippen LogP contribution >= 0.6 is 0 Å². The van der Waals surface area contributed by atoms with Crippen molar-refractivity contribution < 1.29 is 0 Å². The van der Waals surface area contributed by atoms with Gasteiger partial charge in [-0.1, -0.05) is 23.8 Å². The van der Waals surface area contributed by atoms with Gasteiger partial charge in [-0.15, -0.1) is 0 Å². The maximum Gasteiger partial charge on any atom is 0.0950 e. The van der Waals surface area contributed by atoms with Crippen molar-refractivity contribution in [1.29, 1.82) is 0 Å². The molecule has 112 valence electrons. The first kappa shape index (κ1) is 14.3. The lowest BCUT2D eigenvalue weighted by atomic mass is 10.1. The Morgan fingerprint density at radius 2 is 2.05 bits per heavy atom. The van der Waals surface area contributed by atoms with Crippen LogP contribution in [0.5, 0.6) is 0 Å². The minimum absolute atomic E-state index is 1.03. The minimum atomic E-state index is 1.03. The van der Waals surface area contributed by atoms with Crippen LogP contribution in [0.1, 0.15) is 12.0 Å². The highest BCUT2D eigenvalue weighted by atomic mass is 15.2. The third-order valence-electron chi connectivity index (χ3n) is 4.11. The van der Waals surface area contributed by atoms with E-state index >= 15 is 0 Å². The average molecular weight is 284 g/mol. The van der Waals surface area contributed by atoms with Gasteiger partial charge in [0, 0.05) is 38.3 Å². The third kappa shape index (κ3) is 3.71. The Hall–Kier alpha value is -1.65. The first-order valence-electron chi connectivity index (χ1n) is 7.83. The van der Waals surface area contributed by atoms with Crippen LogP contribution in [-0.2, 0) is 6.54 Å². The summed E-state index contributed by atoms with van der Waals surface area (Å²) in [4.78, 5) is 6.87. The molecule has 2 heterocycles. The molecule has 4 heteroatoms. The summed E-state index contributed by atoms with van der Waals surface area (Å²) in [5.74, 6) is 0. The summed E-state index contributed by atoms with van der Waals surface area (Å²) in [5, 5.41) is 3.40. The molecule has 0 atom stereocenters. The molecule has 1 saturated heterocycles. The zero-order valence-electron chi connectivity index (χ0n) is 12.8. The molecule has 2 aromatic rings. The number of piperazine rings is 1. The Balaban J connectivity index is 1.60. The van der Waals surface area contributed by atoms with E-state index in [9.17, 15) is 0 Å². The molecule has 0 amide bonds. The van der Waals surface area contributed by atoms with Crippen molar-refractivity contribution in [3.05, 3.63) is 42.4 Å². The number of benzene rings is 1. The van der Waals surface area contributed by atoms with Crippen molar-refractivity contribution in [2.75, 3.05) is 32.7 Å². The maximum atomic E-state index is 4.33. The SMILES string of the molecule is Cc1cccc(-c2cncn2CCCN2CCNCC2)c1. The van der Waals surface area contributed by atoms with Crippen molar-refractivity contribution in [3.8, 4) is 11.3 Å². The van der Waals surface area contributed by atoms with Gasteiger partial charge in [0.1, 0.15) is 0 Å². The Labute approximate surface area is 126 Å². The summed E-state index contributed by atoms with van der Waals surface area (Å²) in [6, 6.07) is 8.64. The molecular formula is C17H24N4. The van der Waals surface area contributed by atoms with Crippen molar-refractivity contribution in [3.63, 3.8) is 0 Å². The van der Waals surface area contributed by atoms with Crippen LogP contribution in [0.25, 0.3) is 11.3 Å². The molecule has 1 aromatic heterocycles. The number of rotatable bonds is 5. The predicted molar refractivity (Wildman–Crippen MR) is 86.3 cm³/mol. The Bertz CT molecular complexity index is 570. The fourth-order valence-electron chi connectivity index (χ4n) is 2.94. The van der Waals surface area contributed by atoms with Crippen LogP contribution in [0.3, 0.4) is 0 Å². The lowest BCUT2D eigenvalue weighted by Gasteiger charge is -2.27. The monoisotopic (exact) mass is 284 g/mol. The second kappa shape index (κ2) is 6.87. The van der Waals surface area contributed by atoms with Gasteiger partial charge in [-0.3, -0.25) is 0 Å². The van der Waals surface area contributed by atoms with Crippen molar-refractivity contribution in [2.45, 2.75) is 19.9 Å². The van der Waals surface area contributed by atoms with Crippen LogP contribution in [0, 0.1) is 6.92 Å². The molecule has 0 spiro atoms. The molecule has 0 saturated carbocycles. The summed E-state index contributed by atoms with van der Waals surface area (Å²) in [5.41, 5.74) is 3.77. The number of imidazole rings is 1. The average Bonchev–Trinajstić information content (AvgIpc) is 2.97. The first-order valence-corrected chi connectivity index (χ1v) is 7.83. The predicted octanol–water partition coefficient (Wildman–Crippen LogP) is 2.15. The van der Waals surface area contributed by atoms with E-state index < -0.39 is 0 Å². The van der Waals surface area contributed by atoms with Gasteiger partial charge in [-0.2, -0.15) is 0 Å². The number of aryl methyl sites for hydroxylation is 2. The molecule has 3 rings (SSSR count). The van der Waals surface area contributed by atoms with E-state index in [0.29, 0.717) is 0 Å². The van der Waals surface area contributed by atoms with E-state index in [0.717, 1.165) is 19.6 Å². The zero-order valence-corrected chi connectivity index (χ0v) is 12.8. The fraction of sp³-hybridized carbons (Fsp3) is 0.471. The summed E-state index contributed by atoms with van der Waals surface area (Å²) in [6.45, 7) is 8.94. The first-order chi connectivity index (χ1) is 10.3. The zero-order chi connectivity index (χ0) is 14.5. The van der Waals surface area contributed by atoms with Gasteiger partial charge >= 0.3 is 0 Å². The normalized spacial score (nSPS) is 16.2. The van der Waals surface area contributed by atoms with Gasteiger partial charge in [-0.05, 0) is 26.0 Å². The molecule has 4 nitrogen and oxygen atoms in total. The number of hydrogen-bond donors (Lipinski definition) is 1. The molecule has 0 radical (unpaired) electrons. The molecule has 0 aliphatic carbocycles. The summed E-state index contributed by atoms with van der Waals surface area (Å²) in [6.07, 6.45) is 5.10. The lowest BCUT2D eigenvalue weighted by Crippen LogP contribution is -2.43. The number of nitrogens with one attached hydrogen (secondary N) is 1. The van der Waals surface area contributed by atoms with E-state index in [1.165, 1.54) is 42.9 Å². The van der Waals surface area contributed by atoms with Crippen LogP contribution in [0.15, 0.2) is 36.8 Å². The van der Waals surface area contributed by atoms with E-state index in [4.69, 9.17) is 0 Å². The Kier molecular flexibility index (Phi) is 4.68. The molecular weight excluding hydrogens is 260 g/mol. The largest absolute Gasteiger partial charge is 0.331 e. The van der Waals surface area contributed by atoms with Gasteiger partial charge in [0.05, 0.1) is 18.2 Å². The van der Waals surface area contributed by atoms with Crippen molar-refractivity contribution >= 4 is 0 Å². The summed E-state index contributed by atoms with van der Waals surface area (Å²) >= 11 is 0. The molecule has 1 aromatic carbocycles. The molecule has 1 aliphatic rings. The Morgan fingerprint density at radius 3 is 2.86 bits per heavy atom. The highest BCUT2D eigenvalue weighted by Crippen LogP contribution is 2.20. The molecule has 21 heavy (non-hydrogen) atoms. The molecule has 1 N–H and O–H groups in total. The van der Waals surface area contributed by atoms with Crippen LogP contribution in [0.4, 0.5) is 0 Å². The van der Waals surface area contributed by atoms with Gasteiger partial charge in [0.2, 0.25) is 0 Å². The highest BCUT2D eigenvalue weighted by molar-refractivity contribution is 5.59. The van der Waals surface area contributed by atoms with E-state index in [1.807, 2.05) is 12.5 Å². The highest BCUT2D eigenvalue weighted by Gasteiger charge is 2.10. The molecule has 1 aliphatic heterocycles. The van der Waals surface area contributed by atoms with Gasteiger partial charge in [-0.25, -0.2) is 4.98 Å². The summed E-state index contributed by atoms with van der Waals surface area (Å²) < 4.78 is 2.27. The topological polar surface area (TPSA) is 33.1 Å². The van der Waals surface area contributed by atoms with E-state index in [2.05, 4.69) is 51.0 Å².